The van der Waals surface area contributed by atoms with Crippen LogP contribution < -0.4 is 14.5 Å². The standard InChI is InChI=1S/C19H26FN5O3S/c1-4-23(5-2)18-8-9-19(22-21-18)24-10-12-25(13-11-24)29(26,27)15-6-7-17(28-3)16(20)14-15/h6-9,14H,4-5,10-13H2,1-3H3. The first-order chi connectivity index (χ1) is 13.9. The summed E-state index contributed by atoms with van der Waals surface area (Å²) in [5.41, 5.74) is 0. The molecular formula is C19H26FN5O3S. The van der Waals surface area contributed by atoms with Gasteiger partial charge in [-0.3, -0.25) is 0 Å². The fraction of sp³-hybridized carbons (Fsp3) is 0.474. The highest BCUT2D eigenvalue weighted by atomic mass is 32.2. The van der Waals surface area contributed by atoms with Crippen LogP contribution in [-0.2, 0) is 10.0 Å². The van der Waals surface area contributed by atoms with Gasteiger partial charge >= 0.3 is 0 Å². The third-order valence-electron chi connectivity index (χ3n) is 5.05. The third-order valence-corrected chi connectivity index (χ3v) is 6.94. The lowest BCUT2D eigenvalue weighted by atomic mass is 10.3. The molecule has 0 radical (unpaired) electrons. The van der Waals surface area contributed by atoms with Gasteiger partial charge in [-0.15, -0.1) is 10.2 Å². The van der Waals surface area contributed by atoms with Gasteiger partial charge in [-0.05, 0) is 44.2 Å². The normalized spacial score (nSPS) is 15.4. The fourth-order valence-corrected chi connectivity index (χ4v) is 4.75. The van der Waals surface area contributed by atoms with Gasteiger partial charge in [-0.25, -0.2) is 12.8 Å². The maximum atomic E-state index is 13.9. The quantitative estimate of drug-likeness (QED) is 0.674. The van der Waals surface area contributed by atoms with Gasteiger partial charge in [-0.1, -0.05) is 0 Å². The van der Waals surface area contributed by atoms with E-state index in [1.54, 1.807) is 0 Å². The summed E-state index contributed by atoms with van der Waals surface area (Å²) in [6.45, 7) is 7.38. The molecule has 8 nitrogen and oxygen atoms in total. The van der Waals surface area contributed by atoms with E-state index in [1.807, 2.05) is 17.0 Å². The predicted octanol–water partition coefficient (Wildman–Crippen LogP) is 1.98. The average Bonchev–Trinajstić information content (AvgIpc) is 2.75. The molecule has 0 unspecified atom stereocenters. The van der Waals surface area contributed by atoms with E-state index < -0.39 is 15.8 Å². The van der Waals surface area contributed by atoms with E-state index >= 15 is 0 Å². The molecular weight excluding hydrogens is 397 g/mol. The van der Waals surface area contributed by atoms with Gasteiger partial charge in [0.05, 0.1) is 12.0 Å². The van der Waals surface area contributed by atoms with Crippen molar-refractivity contribution < 1.29 is 17.5 Å². The highest BCUT2D eigenvalue weighted by Gasteiger charge is 2.29. The summed E-state index contributed by atoms with van der Waals surface area (Å²) in [5.74, 6) is 0.853. The summed E-state index contributed by atoms with van der Waals surface area (Å²) in [5, 5.41) is 8.58. The van der Waals surface area contributed by atoms with E-state index in [4.69, 9.17) is 4.74 Å². The molecule has 1 saturated heterocycles. The highest BCUT2D eigenvalue weighted by molar-refractivity contribution is 7.89. The minimum Gasteiger partial charge on any atom is -0.494 e. The molecule has 0 N–H and O–H groups in total. The maximum Gasteiger partial charge on any atom is 0.243 e. The van der Waals surface area contributed by atoms with Crippen molar-refractivity contribution in [2.45, 2.75) is 18.7 Å². The van der Waals surface area contributed by atoms with Crippen LogP contribution in [0.4, 0.5) is 16.0 Å². The lowest BCUT2D eigenvalue weighted by molar-refractivity contribution is 0.379. The van der Waals surface area contributed by atoms with Crippen LogP contribution in [0.15, 0.2) is 35.2 Å². The van der Waals surface area contributed by atoms with Crippen LogP contribution in [0, 0.1) is 5.82 Å². The molecule has 1 aliphatic heterocycles. The predicted molar refractivity (Wildman–Crippen MR) is 110 cm³/mol. The third kappa shape index (κ3) is 4.43. The molecule has 1 aliphatic rings. The van der Waals surface area contributed by atoms with E-state index in [9.17, 15) is 12.8 Å². The van der Waals surface area contributed by atoms with Crippen molar-refractivity contribution in [2.24, 2.45) is 0 Å². The second kappa shape index (κ2) is 8.91. The Balaban J connectivity index is 1.67. The summed E-state index contributed by atoms with van der Waals surface area (Å²) in [7, 11) is -2.43. The van der Waals surface area contributed by atoms with Crippen LogP contribution in [0.3, 0.4) is 0 Å². The molecule has 0 saturated carbocycles. The first-order valence-corrected chi connectivity index (χ1v) is 11.0. The molecule has 0 atom stereocenters. The van der Waals surface area contributed by atoms with Crippen molar-refractivity contribution in [3.63, 3.8) is 0 Å². The van der Waals surface area contributed by atoms with E-state index in [2.05, 4.69) is 28.9 Å². The zero-order valence-corrected chi connectivity index (χ0v) is 17.7. The van der Waals surface area contributed by atoms with E-state index in [-0.39, 0.29) is 23.7 Å². The van der Waals surface area contributed by atoms with Crippen molar-refractivity contribution in [3.8, 4) is 5.75 Å². The zero-order chi connectivity index (χ0) is 21.0. The van der Waals surface area contributed by atoms with Crippen molar-refractivity contribution in [1.29, 1.82) is 0 Å². The number of sulfonamides is 1. The number of ether oxygens (including phenoxy) is 1. The van der Waals surface area contributed by atoms with Crippen molar-refractivity contribution in [3.05, 3.63) is 36.1 Å². The Labute approximate surface area is 170 Å². The van der Waals surface area contributed by atoms with Gasteiger partial charge in [0, 0.05) is 39.3 Å². The molecule has 158 valence electrons. The Hall–Kier alpha value is -2.46. The molecule has 1 fully saturated rings. The molecule has 0 bridgehead atoms. The topological polar surface area (TPSA) is 78.9 Å². The fourth-order valence-electron chi connectivity index (χ4n) is 3.32. The number of anilines is 2. The summed E-state index contributed by atoms with van der Waals surface area (Å²) in [6, 6.07) is 7.52. The second-order valence-corrected chi connectivity index (χ2v) is 8.55. The number of benzene rings is 1. The average molecular weight is 424 g/mol. The number of hydrogen-bond acceptors (Lipinski definition) is 7. The minimum absolute atomic E-state index is 0.0144. The Bertz CT molecular complexity index is 927. The minimum atomic E-state index is -3.77. The number of rotatable bonds is 7. The molecule has 0 aliphatic carbocycles. The van der Waals surface area contributed by atoms with Crippen LogP contribution in [0.5, 0.6) is 5.75 Å². The lowest BCUT2D eigenvalue weighted by Gasteiger charge is -2.34. The van der Waals surface area contributed by atoms with Gasteiger partial charge in [-0.2, -0.15) is 4.31 Å². The summed E-state index contributed by atoms with van der Waals surface area (Å²) < 4.78 is 45.8. The molecule has 10 heteroatoms. The number of methoxy groups -OCH3 is 1. The lowest BCUT2D eigenvalue weighted by Crippen LogP contribution is -2.49. The van der Waals surface area contributed by atoms with E-state index in [0.717, 1.165) is 25.0 Å². The monoisotopic (exact) mass is 423 g/mol. The number of halogens is 1. The SMILES string of the molecule is CCN(CC)c1ccc(N2CCN(S(=O)(=O)c3ccc(OC)c(F)c3)CC2)nn1. The van der Waals surface area contributed by atoms with E-state index in [0.29, 0.717) is 18.9 Å². The number of piperazine rings is 1. The number of aromatic nitrogens is 2. The van der Waals surface area contributed by atoms with Gasteiger partial charge < -0.3 is 14.5 Å². The number of nitrogens with zero attached hydrogens (tertiary/aromatic N) is 5. The molecule has 1 aromatic carbocycles. The molecule has 3 rings (SSSR count). The van der Waals surface area contributed by atoms with E-state index in [1.165, 1.54) is 23.5 Å². The molecule has 0 amide bonds. The number of hydrogen-bond donors (Lipinski definition) is 0. The molecule has 0 spiro atoms. The Morgan fingerprint density at radius 2 is 1.76 bits per heavy atom. The first kappa shape index (κ1) is 21.3. The van der Waals surface area contributed by atoms with Crippen molar-refractivity contribution in [2.75, 3.05) is 56.2 Å². The van der Waals surface area contributed by atoms with Gasteiger partial charge in [0.15, 0.2) is 23.2 Å². The van der Waals surface area contributed by atoms with Crippen LogP contribution in [0.1, 0.15) is 13.8 Å². The van der Waals surface area contributed by atoms with Crippen LogP contribution >= 0.6 is 0 Å². The smallest absolute Gasteiger partial charge is 0.243 e. The van der Waals surface area contributed by atoms with Gasteiger partial charge in [0.1, 0.15) is 0 Å². The maximum absolute atomic E-state index is 13.9. The summed E-state index contributed by atoms with van der Waals surface area (Å²) >= 11 is 0. The van der Waals surface area contributed by atoms with Crippen LogP contribution in [0.2, 0.25) is 0 Å². The summed E-state index contributed by atoms with van der Waals surface area (Å²) in [6.07, 6.45) is 0. The summed E-state index contributed by atoms with van der Waals surface area (Å²) in [4.78, 5) is 4.03. The molecule has 29 heavy (non-hydrogen) atoms. The van der Waals surface area contributed by atoms with Crippen LogP contribution in [0.25, 0.3) is 0 Å². The van der Waals surface area contributed by atoms with Crippen molar-refractivity contribution >= 4 is 21.7 Å². The Kier molecular flexibility index (Phi) is 6.53. The zero-order valence-electron chi connectivity index (χ0n) is 16.9. The Morgan fingerprint density at radius 1 is 1.07 bits per heavy atom. The molecule has 2 heterocycles. The van der Waals surface area contributed by atoms with Crippen molar-refractivity contribution in [1.82, 2.24) is 14.5 Å². The Morgan fingerprint density at radius 3 is 2.28 bits per heavy atom. The molecule has 1 aromatic heterocycles. The molecule has 2 aromatic rings. The largest absolute Gasteiger partial charge is 0.494 e. The van der Waals surface area contributed by atoms with Crippen LogP contribution in [-0.4, -0.2) is 69.3 Å². The second-order valence-electron chi connectivity index (χ2n) is 6.61. The van der Waals surface area contributed by atoms with Gasteiger partial charge in [0.2, 0.25) is 10.0 Å². The van der Waals surface area contributed by atoms with Gasteiger partial charge in [0.25, 0.3) is 0 Å². The highest BCUT2D eigenvalue weighted by Crippen LogP contribution is 2.25. The first-order valence-electron chi connectivity index (χ1n) is 9.58.